The van der Waals surface area contributed by atoms with Crippen LogP contribution in [-0.2, 0) is 4.79 Å². The topological polar surface area (TPSA) is 32.3 Å². The minimum Gasteiger partial charge on any atom is -0.338 e. The maximum atomic E-state index is 12.3. The zero-order valence-corrected chi connectivity index (χ0v) is 12.3. The van der Waals surface area contributed by atoms with Crippen LogP contribution in [-0.4, -0.2) is 37.0 Å². The van der Waals surface area contributed by atoms with E-state index in [1.165, 1.54) is 44.9 Å². The lowest BCUT2D eigenvalue weighted by molar-refractivity contribution is -0.133. The third-order valence-electron chi connectivity index (χ3n) is 4.33. The summed E-state index contributed by atoms with van der Waals surface area (Å²) in [5.74, 6) is 1.08. The molecule has 0 bridgehead atoms. The number of nitrogens with zero attached hydrogens (tertiary/aromatic N) is 1. The van der Waals surface area contributed by atoms with Gasteiger partial charge in [0.05, 0.1) is 0 Å². The van der Waals surface area contributed by atoms with Crippen LogP contribution < -0.4 is 5.32 Å². The third kappa shape index (κ3) is 4.13. The Labute approximate surface area is 117 Å². The van der Waals surface area contributed by atoms with Crippen LogP contribution in [0.2, 0.25) is 0 Å². The van der Waals surface area contributed by atoms with E-state index in [1.807, 2.05) is 7.05 Å². The summed E-state index contributed by atoms with van der Waals surface area (Å²) in [7, 11) is 1.97. The Morgan fingerprint density at radius 3 is 2.56 bits per heavy atom. The number of amides is 1. The standard InChI is InChI=1S/C14H26N2O.ClH/c1-15-11-13-8-5-9-16(13)14(17)10-12-6-3-2-4-7-12;/h12-13,15H,2-11H2,1H3;1H. The first-order valence-electron chi connectivity index (χ1n) is 7.25. The minimum atomic E-state index is 0. The van der Waals surface area contributed by atoms with Crippen LogP contribution in [0.5, 0.6) is 0 Å². The van der Waals surface area contributed by atoms with Gasteiger partial charge in [-0.1, -0.05) is 19.3 Å². The number of carbonyl (C=O) groups is 1. The summed E-state index contributed by atoms with van der Waals surface area (Å²) in [6, 6.07) is 0.455. The maximum absolute atomic E-state index is 12.3. The number of hydrogen-bond donors (Lipinski definition) is 1. The second-order valence-electron chi connectivity index (χ2n) is 5.65. The number of carbonyl (C=O) groups excluding carboxylic acids is 1. The Kier molecular flexibility index (Phi) is 7.02. The molecule has 3 nitrogen and oxygen atoms in total. The van der Waals surface area contributed by atoms with Crippen molar-refractivity contribution in [2.45, 2.75) is 57.4 Å². The number of likely N-dealkylation sites (tertiary alicyclic amines) is 1. The fourth-order valence-corrected chi connectivity index (χ4v) is 3.37. The zero-order valence-electron chi connectivity index (χ0n) is 11.5. The lowest BCUT2D eigenvalue weighted by atomic mass is 9.86. The van der Waals surface area contributed by atoms with Crippen molar-refractivity contribution in [3.05, 3.63) is 0 Å². The summed E-state index contributed by atoms with van der Waals surface area (Å²) in [5, 5.41) is 3.20. The fourth-order valence-electron chi connectivity index (χ4n) is 3.37. The molecule has 1 aliphatic carbocycles. The third-order valence-corrected chi connectivity index (χ3v) is 4.33. The molecule has 1 aliphatic heterocycles. The average molecular weight is 275 g/mol. The minimum absolute atomic E-state index is 0. The van der Waals surface area contributed by atoms with E-state index in [0.717, 1.165) is 19.5 Å². The van der Waals surface area contributed by atoms with E-state index in [9.17, 15) is 4.79 Å². The van der Waals surface area contributed by atoms with Crippen molar-refractivity contribution in [2.75, 3.05) is 20.1 Å². The van der Waals surface area contributed by atoms with Gasteiger partial charge in [-0.2, -0.15) is 0 Å². The van der Waals surface area contributed by atoms with E-state index >= 15 is 0 Å². The molecule has 1 heterocycles. The average Bonchev–Trinajstić information content (AvgIpc) is 2.79. The molecule has 1 atom stereocenters. The smallest absolute Gasteiger partial charge is 0.223 e. The summed E-state index contributed by atoms with van der Waals surface area (Å²) in [4.78, 5) is 14.4. The molecule has 1 unspecified atom stereocenters. The quantitative estimate of drug-likeness (QED) is 0.855. The molecule has 0 aromatic rings. The normalized spacial score (nSPS) is 24.9. The Bertz CT molecular complexity index is 254. The molecule has 1 saturated carbocycles. The molecule has 0 aromatic carbocycles. The Hall–Kier alpha value is -0.280. The van der Waals surface area contributed by atoms with Crippen molar-refractivity contribution in [3.8, 4) is 0 Å². The van der Waals surface area contributed by atoms with Gasteiger partial charge in [0.1, 0.15) is 0 Å². The lowest BCUT2D eigenvalue weighted by Gasteiger charge is -2.28. The first kappa shape index (κ1) is 15.8. The van der Waals surface area contributed by atoms with Gasteiger partial charge >= 0.3 is 0 Å². The molecule has 0 radical (unpaired) electrons. The van der Waals surface area contributed by atoms with Gasteiger partial charge in [0.2, 0.25) is 5.91 Å². The molecule has 1 amide bonds. The van der Waals surface area contributed by atoms with Gasteiger partial charge in [0.25, 0.3) is 0 Å². The lowest BCUT2D eigenvalue weighted by Crippen LogP contribution is -2.41. The van der Waals surface area contributed by atoms with Gasteiger partial charge < -0.3 is 10.2 Å². The predicted octanol–water partition coefficient (Wildman–Crippen LogP) is 2.59. The molecular weight excluding hydrogens is 248 g/mol. The Morgan fingerprint density at radius 1 is 1.17 bits per heavy atom. The van der Waals surface area contributed by atoms with Crippen molar-refractivity contribution >= 4 is 18.3 Å². The van der Waals surface area contributed by atoms with Crippen LogP contribution in [0.3, 0.4) is 0 Å². The predicted molar refractivity (Wildman–Crippen MR) is 77.1 cm³/mol. The first-order valence-corrected chi connectivity index (χ1v) is 7.25. The van der Waals surface area contributed by atoms with Gasteiger partial charge in [-0.15, -0.1) is 12.4 Å². The van der Waals surface area contributed by atoms with E-state index in [4.69, 9.17) is 0 Å². The molecular formula is C14H27ClN2O. The molecule has 0 spiro atoms. The van der Waals surface area contributed by atoms with E-state index in [2.05, 4.69) is 10.2 Å². The maximum Gasteiger partial charge on any atom is 0.223 e. The molecule has 106 valence electrons. The van der Waals surface area contributed by atoms with Crippen LogP contribution in [0.25, 0.3) is 0 Å². The molecule has 4 heteroatoms. The van der Waals surface area contributed by atoms with Crippen molar-refractivity contribution < 1.29 is 4.79 Å². The molecule has 1 N–H and O–H groups in total. The number of halogens is 1. The highest BCUT2D eigenvalue weighted by molar-refractivity contribution is 5.85. The van der Waals surface area contributed by atoms with E-state index in [-0.39, 0.29) is 12.4 Å². The molecule has 1 saturated heterocycles. The molecule has 18 heavy (non-hydrogen) atoms. The fraction of sp³-hybridized carbons (Fsp3) is 0.929. The van der Waals surface area contributed by atoms with Crippen LogP contribution in [0, 0.1) is 5.92 Å². The van der Waals surface area contributed by atoms with Crippen LogP contribution in [0.4, 0.5) is 0 Å². The SMILES string of the molecule is CNCC1CCCN1C(=O)CC1CCCCC1.Cl. The highest BCUT2D eigenvalue weighted by Gasteiger charge is 2.29. The second kappa shape index (κ2) is 8.00. The highest BCUT2D eigenvalue weighted by atomic mass is 35.5. The highest BCUT2D eigenvalue weighted by Crippen LogP contribution is 2.28. The van der Waals surface area contributed by atoms with Gasteiger partial charge in [-0.05, 0) is 38.6 Å². The largest absolute Gasteiger partial charge is 0.338 e. The summed E-state index contributed by atoms with van der Waals surface area (Å²) in [6.45, 7) is 1.94. The number of rotatable bonds is 4. The Balaban J connectivity index is 0.00000162. The summed E-state index contributed by atoms with van der Waals surface area (Å²) in [5.41, 5.74) is 0. The number of likely N-dealkylation sites (N-methyl/N-ethyl adjacent to an activating group) is 1. The summed E-state index contributed by atoms with van der Waals surface area (Å²) in [6.07, 6.45) is 9.75. The van der Waals surface area contributed by atoms with E-state index in [0.29, 0.717) is 17.9 Å². The molecule has 0 aromatic heterocycles. The van der Waals surface area contributed by atoms with E-state index < -0.39 is 0 Å². The number of hydrogen-bond acceptors (Lipinski definition) is 2. The summed E-state index contributed by atoms with van der Waals surface area (Å²) >= 11 is 0. The Morgan fingerprint density at radius 2 is 1.89 bits per heavy atom. The molecule has 2 aliphatic rings. The van der Waals surface area contributed by atoms with Crippen molar-refractivity contribution in [1.29, 1.82) is 0 Å². The van der Waals surface area contributed by atoms with E-state index in [1.54, 1.807) is 0 Å². The summed E-state index contributed by atoms with van der Waals surface area (Å²) < 4.78 is 0. The van der Waals surface area contributed by atoms with Crippen LogP contribution in [0.1, 0.15) is 51.4 Å². The van der Waals surface area contributed by atoms with Gasteiger partial charge in [-0.25, -0.2) is 0 Å². The van der Waals surface area contributed by atoms with Crippen molar-refractivity contribution in [1.82, 2.24) is 10.2 Å². The van der Waals surface area contributed by atoms with Crippen molar-refractivity contribution in [2.24, 2.45) is 5.92 Å². The second-order valence-corrected chi connectivity index (χ2v) is 5.65. The van der Waals surface area contributed by atoms with Crippen LogP contribution >= 0.6 is 12.4 Å². The monoisotopic (exact) mass is 274 g/mol. The van der Waals surface area contributed by atoms with Gasteiger partial charge in [0, 0.05) is 25.6 Å². The number of nitrogens with one attached hydrogen (secondary N) is 1. The molecule has 2 rings (SSSR count). The van der Waals surface area contributed by atoms with Crippen molar-refractivity contribution in [3.63, 3.8) is 0 Å². The first-order chi connectivity index (χ1) is 8.31. The van der Waals surface area contributed by atoms with Gasteiger partial charge in [-0.3, -0.25) is 4.79 Å². The molecule has 2 fully saturated rings. The van der Waals surface area contributed by atoms with Crippen LogP contribution in [0.15, 0.2) is 0 Å². The zero-order chi connectivity index (χ0) is 12.1. The van der Waals surface area contributed by atoms with Gasteiger partial charge in [0.15, 0.2) is 0 Å².